The Morgan fingerprint density at radius 1 is 1.19 bits per heavy atom. The zero-order valence-electron chi connectivity index (χ0n) is 10.4. The Labute approximate surface area is 98.1 Å². The van der Waals surface area contributed by atoms with Crippen LogP contribution in [0.2, 0.25) is 0 Å². The number of hydrogen-bond acceptors (Lipinski definition) is 2. The number of ether oxygens (including phenoxy) is 1. The number of rotatable bonds is 2. The van der Waals surface area contributed by atoms with Crippen LogP contribution in [0.5, 0.6) is 0 Å². The molecular weight excluding hydrogens is 200 g/mol. The van der Waals surface area contributed by atoms with Gasteiger partial charge in [0.15, 0.2) is 5.78 Å². The van der Waals surface area contributed by atoms with Crippen molar-refractivity contribution in [2.75, 3.05) is 0 Å². The van der Waals surface area contributed by atoms with Gasteiger partial charge in [-0.05, 0) is 31.1 Å². The van der Waals surface area contributed by atoms with Crippen molar-refractivity contribution >= 4 is 5.78 Å². The van der Waals surface area contributed by atoms with E-state index in [1.165, 1.54) is 19.3 Å². The van der Waals surface area contributed by atoms with Gasteiger partial charge in [-0.1, -0.05) is 20.3 Å². The Morgan fingerprint density at radius 2 is 1.88 bits per heavy atom. The summed E-state index contributed by atoms with van der Waals surface area (Å²) in [6.45, 7) is 4.28. The smallest absolute Gasteiger partial charge is 0.159 e. The molecule has 0 aromatic heterocycles. The molecule has 16 heavy (non-hydrogen) atoms. The van der Waals surface area contributed by atoms with Gasteiger partial charge in [-0.2, -0.15) is 0 Å². The van der Waals surface area contributed by atoms with E-state index in [1.54, 1.807) is 6.08 Å². The summed E-state index contributed by atoms with van der Waals surface area (Å²) in [5.74, 6) is 1.15. The van der Waals surface area contributed by atoms with E-state index in [0.29, 0.717) is 12.5 Å². The number of allylic oxidation sites excluding steroid dienone is 2. The molecule has 1 fully saturated rings. The van der Waals surface area contributed by atoms with Gasteiger partial charge in [0.25, 0.3) is 0 Å². The van der Waals surface area contributed by atoms with Gasteiger partial charge < -0.3 is 4.74 Å². The monoisotopic (exact) mass is 222 g/mol. The first-order chi connectivity index (χ1) is 7.55. The maximum absolute atomic E-state index is 11.6. The van der Waals surface area contributed by atoms with Gasteiger partial charge in [0.1, 0.15) is 5.76 Å². The summed E-state index contributed by atoms with van der Waals surface area (Å²) < 4.78 is 5.98. The molecule has 0 N–H and O–H groups in total. The van der Waals surface area contributed by atoms with Gasteiger partial charge in [-0.3, -0.25) is 4.79 Å². The van der Waals surface area contributed by atoms with Crippen LogP contribution in [0.25, 0.3) is 0 Å². The highest BCUT2D eigenvalue weighted by molar-refractivity contribution is 5.91. The topological polar surface area (TPSA) is 26.3 Å². The SMILES string of the molecule is CC1(C)CC(=O)C=C(OC2CCCCC2)C1. The summed E-state index contributed by atoms with van der Waals surface area (Å²) in [6.07, 6.45) is 9.85. The molecule has 0 bridgehead atoms. The summed E-state index contributed by atoms with van der Waals surface area (Å²) in [5, 5.41) is 0. The number of carbonyl (C=O) groups excluding carboxylic acids is 1. The van der Waals surface area contributed by atoms with Crippen LogP contribution in [-0.4, -0.2) is 11.9 Å². The fourth-order valence-electron chi connectivity index (χ4n) is 2.76. The second-order valence-electron chi connectivity index (χ2n) is 5.97. The summed E-state index contributed by atoms with van der Waals surface area (Å²) in [7, 11) is 0. The van der Waals surface area contributed by atoms with Crippen LogP contribution < -0.4 is 0 Å². The highest BCUT2D eigenvalue weighted by Crippen LogP contribution is 2.35. The van der Waals surface area contributed by atoms with Crippen LogP contribution in [0.15, 0.2) is 11.8 Å². The van der Waals surface area contributed by atoms with Gasteiger partial charge in [0.2, 0.25) is 0 Å². The highest BCUT2D eigenvalue weighted by Gasteiger charge is 2.29. The van der Waals surface area contributed by atoms with E-state index < -0.39 is 0 Å². The maximum atomic E-state index is 11.6. The third-order valence-corrected chi connectivity index (χ3v) is 3.50. The Morgan fingerprint density at radius 3 is 2.50 bits per heavy atom. The number of hydrogen-bond donors (Lipinski definition) is 0. The molecule has 0 spiro atoms. The van der Waals surface area contributed by atoms with Gasteiger partial charge in [0, 0.05) is 18.9 Å². The van der Waals surface area contributed by atoms with Crippen LogP contribution in [0.1, 0.15) is 58.8 Å². The molecule has 0 aliphatic heterocycles. The molecule has 0 unspecified atom stereocenters. The van der Waals surface area contributed by atoms with Crippen LogP contribution in [0.3, 0.4) is 0 Å². The molecule has 1 saturated carbocycles. The molecule has 0 amide bonds. The first kappa shape index (κ1) is 11.7. The van der Waals surface area contributed by atoms with Crippen molar-refractivity contribution < 1.29 is 9.53 Å². The van der Waals surface area contributed by atoms with Crippen molar-refractivity contribution in [1.29, 1.82) is 0 Å². The van der Waals surface area contributed by atoms with Crippen LogP contribution in [0.4, 0.5) is 0 Å². The summed E-state index contributed by atoms with van der Waals surface area (Å²) in [4.78, 5) is 11.6. The Kier molecular flexibility index (Phi) is 3.36. The predicted molar refractivity (Wildman–Crippen MR) is 64.1 cm³/mol. The van der Waals surface area contributed by atoms with Crippen LogP contribution >= 0.6 is 0 Å². The predicted octanol–water partition coefficient (Wildman–Crippen LogP) is 3.61. The molecule has 2 aliphatic rings. The molecule has 0 atom stereocenters. The Balaban J connectivity index is 1.95. The van der Waals surface area contributed by atoms with Crippen molar-refractivity contribution in [1.82, 2.24) is 0 Å². The van der Waals surface area contributed by atoms with Crippen molar-refractivity contribution in [2.45, 2.75) is 64.9 Å². The van der Waals surface area contributed by atoms with Gasteiger partial charge in [0.05, 0.1) is 6.10 Å². The second-order valence-corrected chi connectivity index (χ2v) is 5.97. The molecule has 2 nitrogen and oxygen atoms in total. The third-order valence-electron chi connectivity index (χ3n) is 3.50. The molecule has 0 saturated heterocycles. The van der Waals surface area contributed by atoms with Crippen molar-refractivity contribution in [3.05, 3.63) is 11.8 Å². The summed E-state index contributed by atoms with van der Waals surface area (Å²) >= 11 is 0. The van der Waals surface area contributed by atoms with Crippen LogP contribution in [0, 0.1) is 5.41 Å². The number of carbonyl (C=O) groups is 1. The molecule has 2 rings (SSSR count). The van der Waals surface area contributed by atoms with Crippen LogP contribution in [-0.2, 0) is 9.53 Å². The molecular formula is C14H22O2. The van der Waals surface area contributed by atoms with E-state index in [1.807, 2.05) is 0 Å². The third kappa shape index (κ3) is 3.10. The second kappa shape index (κ2) is 4.60. The molecule has 2 aliphatic carbocycles. The van der Waals surface area contributed by atoms with E-state index in [-0.39, 0.29) is 11.2 Å². The fourth-order valence-corrected chi connectivity index (χ4v) is 2.76. The molecule has 0 radical (unpaired) electrons. The minimum atomic E-state index is 0.0792. The lowest BCUT2D eigenvalue weighted by molar-refractivity contribution is -0.117. The van der Waals surface area contributed by atoms with Crippen molar-refractivity contribution in [2.24, 2.45) is 5.41 Å². The normalized spacial score (nSPS) is 26.4. The minimum absolute atomic E-state index is 0.0792. The first-order valence-corrected chi connectivity index (χ1v) is 6.45. The molecule has 0 heterocycles. The van der Waals surface area contributed by atoms with E-state index in [2.05, 4.69) is 13.8 Å². The van der Waals surface area contributed by atoms with E-state index in [9.17, 15) is 4.79 Å². The molecule has 0 aromatic rings. The summed E-state index contributed by atoms with van der Waals surface area (Å²) in [5.41, 5.74) is 0.0792. The van der Waals surface area contributed by atoms with Gasteiger partial charge in [-0.15, -0.1) is 0 Å². The van der Waals surface area contributed by atoms with Crippen molar-refractivity contribution in [3.63, 3.8) is 0 Å². The lowest BCUT2D eigenvalue weighted by atomic mass is 9.79. The number of ketones is 1. The molecule has 0 aromatic carbocycles. The average Bonchev–Trinajstić information content (AvgIpc) is 2.15. The van der Waals surface area contributed by atoms with E-state index >= 15 is 0 Å². The quantitative estimate of drug-likeness (QED) is 0.713. The first-order valence-electron chi connectivity index (χ1n) is 6.45. The zero-order valence-corrected chi connectivity index (χ0v) is 10.4. The van der Waals surface area contributed by atoms with E-state index in [4.69, 9.17) is 4.74 Å². The molecule has 2 heteroatoms. The highest BCUT2D eigenvalue weighted by atomic mass is 16.5. The maximum Gasteiger partial charge on any atom is 0.159 e. The van der Waals surface area contributed by atoms with Crippen molar-refractivity contribution in [3.8, 4) is 0 Å². The average molecular weight is 222 g/mol. The van der Waals surface area contributed by atoms with Gasteiger partial charge >= 0.3 is 0 Å². The Bertz CT molecular complexity index is 296. The Hall–Kier alpha value is -0.790. The van der Waals surface area contributed by atoms with Gasteiger partial charge in [-0.25, -0.2) is 0 Å². The standard InChI is InChI=1S/C14H22O2/c1-14(2)9-11(15)8-13(10-14)16-12-6-4-3-5-7-12/h8,12H,3-7,9-10H2,1-2H3. The zero-order chi connectivity index (χ0) is 11.6. The largest absolute Gasteiger partial charge is 0.495 e. The molecule has 90 valence electrons. The fraction of sp³-hybridized carbons (Fsp3) is 0.786. The minimum Gasteiger partial charge on any atom is -0.495 e. The van der Waals surface area contributed by atoms with E-state index in [0.717, 1.165) is 25.0 Å². The lowest BCUT2D eigenvalue weighted by Gasteiger charge is -2.32. The lowest BCUT2D eigenvalue weighted by Crippen LogP contribution is -2.25. The summed E-state index contributed by atoms with van der Waals surface area (Å²) in [6, 6.07) is 0.